The lowest BCUT2D eigenvalue weighted by Gasteiger charge is -2.20. The molecule has 4 rings (SSSR count). The molecule has 1 amide bonds. The lowest BCUT2D eigenvalue weighted by atomic mass is 10.1. The zero-order chi connectivity index (χ0) is 18.8. The number of thiazole rings is 1. The third-order valence-electron chi connectivity index (χ3n) is 3.98. The number of benzene rings is 2. The molecule has 27 heavy (non-hydrogen) atoms. The van der Waals surface area contributed by atoms with Crippen molar-refractivity contribution in [3.05, 3.63) is 89.8 Å². The molecule has 0 atom stereocenters. The minimum Gasteiger partial charge on any atom is -0.278 e. The van der Waals surface area contributed by atoms with Gasteiger partial charge >= 0.3 is 0 Å². The molecule has 0 radical (unpaired) electrons. The average molecular weight is 381 g/mol. The standard InChI is InChI=1S/C20H13F2N3OS/c21-14-7-5-8-15(22)18(14)19(26)25(12-13-6-3-4-11-23-13)20-24-16-9-1-2-10-17(16)27-20/h1-11H,12H2. The molecule has 0 saturated heterocycles. The molecule has 7 heteroatoms. The molecule has 0 spiro atoms. The molecule has 134 valence electrons. The van der Waals surface area contributed by atoms with Gasteiger partial charge in [-0.25, -0.2) is 13.8 Å². The summed E-state index contributed by atoms with van der Waals surface area (Å²) in [6, 6.07) is 16.0. The summed E-state index contributed by atoms with van der Waals surface area (Å²) < 4.78 is 29.3. The molecule has 2 heterocycles. The molecule has 4 aromatic rings. The largest absolute Gasteiger partial charge is 0.278 e. The number of halogens is 2. The number of fused-ring (bicyclic) bond motifs is 1. The predicted octanol–water partition coefficient (Wildman–Crippen LogP) is 4.82. The second-order valence-electron chi connectivity index (χ2n) is 5.77. The van der Waals surface area contributed by atoms with E-state index in [0.717, 1.165) is 16.8 Å². The van der Waals surface area contributed by atoms with E-state index in [9.17, 15) is 13.6 Å². The molecular weight excluding hydrogens is 368 g/mol. The van der Waals surface area contributed by atoms with Crippen molar-refractivity contribution in [3.63, 3.8) is 0 Å². The summed E-state index contributed by atoms with van der Waals surface area (Å²) in [4.78, 5) is 23.0. The number of carbonyl (C=O) groups excluding carboxylic acids is 1. The summed E-state index contributed by atoms with van der Waals surface area (Å²) in [7, 11) is 0. The second kappa shape index (κ2) is 7.20. The van der Waals surface area contributed by atoms with E-state index in [1.807, 2.05) is 24.3 Å². The van der Waals surface area contributed by atoms with Crippen molar-refractivity contribution in [1.82, 2.24) is 9.97 Å². The van der Waals surface area contributed by atoms with Crippen molar-refractivity contribution in [1.29, 1.82) is 0 Å². The Balaban J connectivity index is 1.81. The van der Waals surface area contributed by atoms with Crippen LogP contribution in [0.4, 0.5) is 13.9 Å². The van der Waals surface area contributed by atoms with E-state index in [0.29, 0.717) is 16.3 Å². The Morgan fingerprint density at radius 3 is 2.41 bits per heavy atom. The van der Waals surface area contributed by atoms with Gasteiger partial charge in [-0.15, -0.1) is 0 Å². The number of nitrogens with zero attached hydrogens (tertiary/aromatic N) is 3. The van der Waals surface area contributed by atoms with Crippen LogP contribution in [-0.4, -0.2) is 15.9 Å². The Kier molecular flexibility index (Phi) is 4.60. The monoisotopic (exact) mass is 381 g/mol. The molecule has 2 aromatic heterocycles. The quantitative estimate of drug-likeness (QED) is 0.509. The van der Waals surface area contributed by atoms with Gasteiger partial charge in [-0.3, -0.25) is 14.7 Å². The van der Waals surface area contributed by atoms with Crippen LogP contribution in [0.15, 0.2) is 66.9 Å². The summed E-state index contributed by atoms with van der Waals surface area (Å²) >= 11 is 1.28. The van der Waals surface area contributed by atoms with E-state index in [2.05, 4.69) is 9.97 Å². The van der Waals surface area contributed by atoms with Gasteiger partial charge in [0, 0.05) is 6.20 Å². The average Bonchev–Trinajstić information content (AvgIpc) is 3.10. The van der Waals surface area contributed by atoms with Crippen molar-refractivity contribution in [2.75, 3.05) is 4.90 Å². The molecule has 0 fully saturated rings. The zero-order valence-electron chi connectivity index (χ0n) is 14.0. The molecule has 0 aliphatic carbocycles. The molecule has 4 nitrogen and oxygen atoms in total. The predicted molar refractivity (Wildman–Crippen MR) is 101 cm³/mol. The van der Waals surface area contributed by atoms with Gasteiger partial charge < -0.3 is 0 Å². The Morgan fingerprint density at radius 2 is 1.70 bits per heavy atom. The van der Waals surface area contributed by atoms with Crippen molar-refractivity contribution in [2.45, 2.75) is 6.54 Å². The number of para-hydroxylation sites is 1. The third-order valence-corrected chi connectivity index (χ3v) is 5.04. The lowest BCUT2D eigenvalue weighted by Crippen LogP contribution is -2.32. The van der Waals surface area contributed by atoms with E-state index in [1.54, 1.807) is 24.4 Å². The van der Waals surface area contributed by atoms with Gasteiger partial charge in [0.05, 0.1) is 22.5 Å². The van der Waals surface area contributed by atoms with Crippen LogP contribution in [0.5, 0.6) is 0 Å². The maximum Gasteiger partial charge on any atom is 0.266 e. The van der Waals surface area contributed by atoms with Gasteiger partial charge in [-0.05, 0) is 36.4 Å². The third kappa shape index (κ3) is 3.41. The first-order valence-corrected chi connectivity index (χ1v) is 8.96. The van der Waals surface area contributed by atoms with Crippen LogP contribution < -0.4 is 4.90 Å². The molecule has 0 saturated carbocycles. The molecule has 2 aromatic carbocycles. The van der Waals surface area contributed by atoms with Gasteiger partial charge in [0.25, 0.3) is 5.91 Å². The normalized spacial score (nSPS) is 10.9. The van der Waals surface area contributed by atoms with E-state index in [4.69, 9.17) is 0 Å². The van der Waals surface area contributed by atoms with E-state index >= 15 is 0 Å². The summed E-state index contributed by atoms with van der Waals surface area (Å²) in [6.45, 7) is 0.0489. The fourth-order valence-electron chi connectivity index (χ4n) is 2.69. The number of pyridine rings is 1. The highest BCUT2D eigenvalue weighted by Crippen LogP contribution is 2.31. The zero-order valence-corrected chi connectivity index (χ0v) is 14.8. The minimum atomic E-state index is -0.910. The molecule has 0 aliphatic heterocycles. The Hall–Kier alpha value is -3.19. The summed E-state index contributed by atoms with van der Waals surface area (Å²) in [6.07, 6.45) is 1.60. The number of hydrogen-bond acceptors (Lipinski definition) is 4. The van der Waals surface area contributed by atoms with Gasteiger partial charge in [0.15, 0.2) is 5.13 Å². The van der Waals surface area contributed by atoms with E-state index in [1.165, 1.54) is 22.3 Å². The highest BCUT2D eigenvalue weighted by molar-refractivity contribution is 7.22. The first kappa shape index (κ1) is 17.2. The van der Waals surface area contributed by atoms with Crippen LogP contribution in [0.25, 0.3) is 10.2 Å². The lowest BCUT2D eigenvalue weighted by molar-refractivity contribution is 0.0976. The number of aromatic nitrogens is 2. The first-order chi connectivity index (χ1) is 13.1. The van der Waals surface area contributed by atoms with E-state index in [-0.39, 0.29) is 6.54 Å². The van der Waals surface area contributed by atoms with Crippen LogP contribution in [0, 0.1) is 11.6 Å². The number of anilines is 1. The summed E-state index contributed by atoms with van der Waals surface area (Å²) in [5, 5.41) is 0.356. The summed E-state index contributed by atoms with van der Waals surface area (Å²) in [5.74, 6) is -2.62. The molecule has 0 aliphatic rings. The van der Waals surface area contributed by atoms with Crippen LogP contribution in [0.3, 0.4) is 0 Å². The molecule has 0 N–H and O–H groups in total. The minimum absolute atomic E-state index is 0.0489. The van der Waals surface area contributed by atoms with Gasteiger partial charge in [-0.2, -0.15) is 0 Å². The summed E-state index contributed by atoms with van der Waals surface area (Å²) in [5.41, 5.74) is 0.694. The van der Waals surface area contributed by atoms with Crippen LogP contribution in [-0.2, 0) is 6.54 Å². The number of carbonyl (C=O) groups is 1. The highest BCUT2D eigenvalue weighted by Gasteiger charge is 2.27. The number of amides is 1. The van der Waals surface area contributed by atoms with Crippen LogP contribution in [0.1, 0.15) is 16.1 Å². The topological polar surface area (TPSA) is 46.1 Å². The molecule has 0 bridgehead atoms. The van der Waals surface area contributed by atoms with Gasteiger partial charge in [0.2, 0.25) is 0 Å². The van der Waals surface area contributed by atoms with Crippen LogP contribution >= 0.6 is 11.3 Å². The fourth-order valence-corrected chi connectivity index (χ4v) is 3.66. The molecule has 0 unspecified atom stereocenters. The van der Waals surface area contributed by atoms with E-state index < -0.39 is 23.1 Å². The maximum absolute atomic E-state index is 14.2. The first-order valence-electron chi connectivity index (χ1n) is 8.15. The Labute approximate surface area is 157 Å². The number of hydrogen-bond donors (Lipinski definition) is 0. The van der Waals surface area contributed by atoms with Crippen molar-refractivity contribution < 1.29 is 13.6 Å². The SMILES string of the molecule is O=C(c1c(F)cccc1F)N(Cc1ccccn1)c1nc2ccccc2s1. The van der Waals surface area contributed by atoms with Crippen LogP contribution in [0.2, 0.25) is 0 Å². The van der Waals surface area contributed by atoms with Crippen molar-refractivity contribution in [3.8, 4) is 0 Å². The van der Waals surface area contributed by atoms with Gasteiger partial charge in [0.1, 0.15) is 17.2 Å². The van der Waals surface area contributed by atoms with Gasteiger partial charge in [-0.1, -0.05) is 35.6 Å². The van der Waals surface area contributed by atoms with Crippen molar-refractivity contribution >= 4 is 32.6 Å². The Bertz CT molecular complexity index is 1060. The highest BCUT2D eigenvalue weighted by atomic mass is 32.1. The maximum atomic E-state index is 14.2. The second-order valence-corrected chi connectivity index (χ2v) is 6.78. The fraction of sp³-hybridized carbons (Fsp3) is 0.0500. The Morgan fingerprint density at radius 1 is 0.963 bits per heavy atom. The number of rotatable bonds is 4. The van der Waals surface area contributed by atoms with Crippen molar-refractivity contribution in [2.24, 2.45) is 0 Å². The smallest absolute Gasteiger partial charge is 0.266 e. The molecular formula is C20H13F2N3OS.